The highest BCUT2D eigenvalue weighted by molar-refractivity contribution is 5.55. The molecule has 0 radical (unpaired) electrons. The first kappa shape index (κ1) is 11.6. The Morgan fingerprint density at radius 3 is 2.71 bits per heavy atom. The first-order valence-electron chi connectivity index (χ1n) is 5.10. The number of aromatic nitrogens is 2. The van der Waals surface area contributed by atoms with E-state index in [1.165, 1.54) is 0 Å². The minimum absolute atomic E-state index is 0.0459. The maximum atomic E-state index is 9.43. The second-order valence-corrected chi connectivity index (χ2v) is 3.44. The molecule has 1 heterocycles. The van der Waals surface area contributed by atoms with Crippen molar-refractivity contribution in [2.45, 2.75) is 6.10 Å². The van der Waals surface area contributed by atoms with Crippen LogP contribution in [0.1, 0.15) is 12.0 Å². The summed E-state index contributed by atoms with van der Waals surface area (Å²) >= 11 is 0. The molecule has 1 aromatic heterocycles. The van der Waals surface area contributed by atoms with Gasteiger partial charge in [-0.1, -0.05) is 5.16 Å². The molecule has 1 aromatic carbocycles. The van der Waals surface area contributed by atoms with Crippen LogP contribution in [-0.2, 0) is 0 Å². The maximum Gasteiger partial charge on any atom is 0.257 e. The van der Waals surface area contributed by atoms with Gasteiger partial charge in [0.15, 0.2) is 0 Å². The summed E-state index contributed by atoms with van der Waals surface area (Å²) in [5, 5.41) is 13.2. The number of ether oxygens (including phenoxy) is 1. The molecule has 1 atom stereocenters. The summed E-state index contributed by atoms with van der Waals surface area (Å²) in [4.78, 5) is 4.06. The molecule has 0 spiro atoms. The van der Waals surface area contributed by atoms with Crippen LogP contribution in [0.4, 0.5) is 0 Å². The first-order valence-corrected chi connectivity index (χ1v) is 5.10. The third-order valence-corrected chi connectivity index (χ3v) is 2.30. The summed E-state index contributed by atoms with van der Waals surface area (Å²) in [5.41, 5.74) is 6.08. The number of aliphatic hydroxyl groups is 1. The first-order chi connectivity index (χ1) is 8.24. The molecule has 6 heteroatoms. The third kappa shape index (κ3) is 2.43. The Balaban J connectivity index is 2.24. The van der Waals surface area contributed by atoms with Crippen molar-refractivity contribution in [2.75, 3.05) is 13.7 Å². The van der Waals surface area contributed by atoms with Crippen molar-refractivity contribution in [3.8, 4) is 17.1 Å². The van der Waals surface area contributed by atoms with Crippen LogP contribution in [0, 0.1) is 0 Å². The Hall–Kier alpha value is -1.92. The topological polar surface area (TPSA) is 94.4 Å². The van der Waals surface area contributed by atoms with Crippen LogP contribution in [0.5, 0.6) is 5.75 Å². The van der Waals surface area contributed by atoms with Crippen LogP contribution in [0.15, 0.2) is 28.8 Å². The van der Waals surface area contributed by atoms with Crippen LogP contribution >= 0.6 is 0 Å². The summed E-state index contributed by atoms with van der Waals surface area (Å²) in [6, 6.07) is 7.21. The van der Waals surface area contributed by atoms with E-state index in [1.807, 2.05) is 12.1 Å². The molecule has 0 bridgehead atoms. The normalized spacial score (nSPS) is 12.4. The number of nitrogens with zero attached hydrogens (tertiary/aromatic N) is 2. The molecule has 2 aromatic rings. The van der Waals surface area contributed by atoms with Crippen LogP contribution in [0.3, 0.4) is 0 Å². The Morgan fingerprint density at radius 2 is 2.12 bits per heavy atom. The average molecular weight is 235 g/mol. The van der Waals surface area contributed by atoms with Crippen molar-refractivity contribution in [3.05, 3.63) is 30.2 Å². The average Bonchev–Trinajstić information content (AvgIpc) is 2.87. The van der Waals surface area contributed by atoms with E-state index in [9.17, 15) is 5.11 Å². The molecule has 0 saturated heterocycles. The monoisotopic (exact) mass is 235 g/mol. The van der Waals surface area contributed by atoms with Crippen molar-refractivity contribution in [3.63, 3.8) is 0 Å². The van der Waals surface area contributed by atoms with Gasteiger partial charge in [0.05, 0.1) is 7.11 Å². The van der Waals surface area contributed by atoms with Crippen molar-refractivity contribution in [1.82, 2.24) is 10.1 Å². The van der Waals surface area contributed by atoms with Crippen LogP contribution in [0.2, 0.25) is 0 Å². The van der Waals surface area contributed by atoms with E-state index in [4.69, 9.17) is 15.0 Å². The lowest BCUT2D eigenvalue weighted by molar-refractivity contribution is 0.141. The summed E-state index contributed by atoms with van der Waals surface area (Å²) in [5.74, 6) is 1.29. The minimum atomic E-state index is -0.922. The number of rotatable bonds is 4. The highest BCUT2D eigenvalue weighted by Gasteiger charge is 2.15. The van der Waals surface area contributed by atoms with E-state index in [0.717, 1.165) is 11.3 Å². The molecule has 0 aliphatic rings. The van der Waals surface area contributed by atoms with Gasteiger partial charge in [-0.25, -0.2) is 0 Å². The van der Waals surface area contributed by atoms with Gasteiger partial charge in [0, 0.05) is 12.1 Å². The zero-order valence-electron chi connectivity index (χ0n) is 9.33. The molecule has 0 aliphatic carbocycles. The summed E-state index contributed by atoms with van der Waals surface area (Å²) in [7, 11) is 1.60. The van der Waals surface area contributed by atoms with Crippen molar-refractivity contribution < 1.29 is 14.4 Å². The predicted octanol–water partition coefficient (Wildman–Crippen LogP) is 0.737. The molecule has 17 heavy (non-hydrogen) atoms. The van der Waals surface area contributed by atoms with E-state index < -0.39 is 6.10 Å². The van der Waals surface area contributed by atoms with E-state index in [0.29, 0.717) is 5.82 Å². The van der Waals surface area contributed by atoms with E-state index >= 15 is 0 Å². The van der Waals surface area contributed by atoms with Gasteiger partial charge in [-0.15, -0.1) is 0 Å². The largest absolute Gasteiger partial charge is 0.497 e. The van der Waals surface area contributed by atoms with Crippen molar-refractivity contribution in [1.29, 1.82) is 0 Å². The highest BCUT2D eigenvalue weighted by Crippen LogP contribution is 2.21. The van der Waals surface area contributed by atoms with Crippen molar-refractivity contribution in [2.24, 2.45) is 5.73 Å². The van der Waals surface area contributed by atoms with Gasteiger partial charge in [0.2, 0.25) is 5.82 Å². The smallest absolute Gasteiger partial charge is 0.257 e. The Labute approximate surface area is 98.0 Å². The van der Waals surface area contributed by atoms with Gasteiger partial charge >= 0.3 is 0 Å². The Kier molecular flexibility index (Phi) is 3.36. The molecule has 6 nitrogen and oxygen atoms in total. The standard InChI is InChI=1S/C11H13N3O3/c1-16-8-4-2-7(3-5-8)10-13-11(17-14-10)9(15)6-12/h2-5,9,15H,6,12H2,1H3/t9-/m0/s1. The quantitative estimate of drug-likeness (QED) is 0.811. The second-order valence-electron chi connectivity index (χ2n) is 3.44. The zero-order valence-corrected chi connectivity index (χ0v) is 9.33. The predicted molar refractivity (Wildman–Crippen MR) is 60.3 cm³/mol. The zero-order chi connectivity index (χ0) is 12.3. The number of nitrogens with two attached hydrogens (primary N) is 1. The van der Waals surface area contributed by atoms with E-state index in [2.05, 4.69) is 10.1 Å². The molecule has 90 valence electrons. The highest BCUT2D eigenvalue weighted by atomic mass is 16.5. The van der Waals surface area contributed by atoms with Gasteiger partial charge < -0.3 is 20.1 Å². The lowest BCUT2D eigenvalue weighted by atomic mass is 10.2. The van der Waals surface area contributed by atoms with Crippen LogP contribution < -0.4 is 10.5 Å². The summed E-state index contributed by atoms with van der Waals surface area (Å²) < 4.78 is 9.95. The molecule has 2 rings (SSSR count). The number of benzene rings is 1. The maximum absolute atomic E-state index is 9.43. The van der Waals surface area contributed by atoms with Gasteiger partial charge in [-0.05, 0) is 24.3 Å². The van der Waals surface area contributed by atoms with Crippen LogP contribution in [-0.4, -0.2) is 28.9 Å². The molecule has 0 amide bonds. The molecule has 0 unspecified atom stereocenters. The second kappa shape index (κ2) is 4.94. The van der Waals surface area contributed by atoms with Crippen LogP contribution in [0.25, 0.3) is 11.4 Å². The number of hydrogen-bond donors (Lipinski definition) is 2. The van der Waals surface area contributed by atoms with Gasteiger partial charge in [0.25, 0.3) is 5.89 Å². The molecule has 0 aliphatic heterocycles. The number of methoxy groups -OCH3 is 1. The van der Waals surface area contributed by atoms with Gasteiger partial charge in [-0.2, -0.15) is 4.98 Å². The number of aliphatic hydroxyl groups excluding tert-OH is 1. The molecule has 0 fully saturated rings. The van der Waals surface area contributed by atoms with E-state index in [-0.39, 0.29) is 12.4 Å². The minimum Gasteiger partial charge on any atom is -0.497 e. The number of hydrogen-bond acceptors (Lipinski definition) is 6. The molecular weight excluding hydrogens is 222 g/mol. The van der Waals surface area contributed by atoms with Gasteiger partial charge in [0.1, 0.15) is 11.9 Å². The summed E-state index contributed by atoms with van der Waals surface area (Å²) in [6.07, 6.45) is -0.922. The van der Waals surface area contributed by atoms with Crippen molar-refractivity contribution >= 4 is 0 Å². The van der Waals surface area contributed by atoms with E-state index in [1.54, 1.807) is 19.2 Å². The fourth-order valence-electron chi connectivity index (χ4n) is 1.33. The Bertz CT molecular complexity index is 481. The lowest BCUT2D eigenvalue weighted by Gasteiger charge is -1.99. The fraction of sp³-hybridized carbons (Fsp3) is 0.273. The Morgan fingerprint density at radius 1 is 1.41 bits per heavy atom. The molecule has 0 saturated carbocycles. The lowest BCUT2D eigenvalue weighted by Crippen LogP contribution is -2.11. The third-order valence-electron chi connectivity index (χ3n) is 2.30. The molecular formula is C11H13N3O3. The summed E-state index contributed by atoms with van der Waals surface area (Å²) in [6.45, 7) is 0.0459. The SMILES string of the molecule is COc1ccc(-c2noc([C@@H](O)CN)n2)cc1. The fourth-order valence-corrected chi connectivity index (χ4v) is 1.33. The van der Waals surface area contributed by atoms with Gasteiger partial charge in [-0.3, -0.25) is 0 Å². The molecule has 3 N–H and O–H groups in total.